The molecular formula is C24H19N5O3S. The summed E-state index contributed by atoms with van der Waals surface area (Å²) >= 11 is 1.61. The summed E-state index contributed by atoms with van der Waals surface area (Å²) in [6.45, 7) is 0.342. The van der Waals surface area contributed by atoms with Gasteiger partial charge in [0.1, 0.15) is 6.04 Å². The van der Waals surface area contributed by atoms with Crippen molar-refractivity contribution in [2.24, 2.45) is 7.05 Å². The number of nitrogens with one attached hydrogen (secondary N) is 1. The van der Waals surface area contributed by atoms with Gasteiger partial charge in [-0.3, -0.25) is 24.4 Å². The summed E-state index contributed by atoms with van der Waals surface area (Å²) in [5.41, 5.74) is 8.15. The van der Waals surface area contributed by atoms with Crippen molar-refractivity contribution in [1.29, 1.82) is 0 Å². The van der Waals surface area contributed by atoms with E-state index in [4.69, 9.17) is 0 Å². The van der Waals surface area contributed by atoms with E-state index >= 15 is 0 Å². The minimum absolute atomic E-state index is 0.175. The monoisotopic (exact) mass is 457 g/mol. The predicted molar refractivity (Wildman–Crippen MR) is 123 cm³/mol. The van der Waals surface area contributed by atoms with Crippen molar-refractivity contribution in [3.8, 4) is 22.4 Å². The van der Waals surface area contributed by atoms with Crippen molar-refractivity contribution < 1.29 is 14.4 Å². The molecule has 1 fully saturated rings. The van der Waals surface area contributed by atoms with Gasteiger partial charge in [0.2, 0.25) is 11.8 Å². The summed E-state index contributed by atoms with van der Waals surface area (Å²) in [4.78, 5) is 42.8. The minimum atomic E-state index is -0.621. The van der Waals surface area contributed by atoms with Crippen LogP contribution in [0.25, 0.3) is 32.6 Å². The van der Waals surface area contributed by atoms with Gasteiger partial charge in [-0.25, -0.2) is 4.98 Å². The van der Waals surface area contributed by atoms with Gasteiger partial charge in [-0.1, -0.05) is 12.1 Å². The highest BCUT2D eigenvalue weighted by Gasteiger charge is 2.39. The number of piperidine rings is 1. The van der Waals surface area contributed by atoms with Crippen molar-refractivity contribution in [2.75, 3.05) is 0 Å². The molecule has 0 radical (unpaired) electrons. The molecule has 3 amide bonds. The highest BCUT2D eigenvalue weighted by Crippen LogP contribution is 2.36. The second kappa shape index (κ2) is 7.35. The number of amides is 3. The second-order valence-corrected chi connectivity index (χ2v) is 9.22. The Morgan fingerprint density at radius 1 is 1.06 bits per heavy atom. The first-order valence-corrected chi connectivity index (χ1v) is 11.5. The van der Waals surface area contributed by atoms with E-state index in [2.05, 4.69) is 33.6 Å². The van der Waals surface area contributed by atoms with Gasteiger partial charge in [0.25, 0.3) is 5.91 Å². The number of carbonyl (C=O) groups excluding carboxylic acids is 3. The third kappa shape index (κ3) is 3.15. The van der Waals surface area contributed by atoms with Gasteiger partial charge >= 0.3 is 0 Å². The Morgan fingerprint density at radius 3 is 2.76 bits per heavy atom. The van der Waals surface area contributed by atoms with E-state index in [0.29, 0.717) is 18.5 Å². The van der Waals surface area contributed by atoms with Crippen LogP contribution in [0.15, 0.2) is 48.1 Å². The summed E-state index contributed by atoms with van der Waals surface area (Å²) < 4.78 is 2.98. The number of fused-ring (bicyclic) bond motifs is 2. The number of imide groups is 1. The second-order valence-electron chi connectivity index (χ2n) is 8.34. The lowest BCUT2D eigenvalue weighted by atomic mass is 9.98. The largest absolute Gasteiger partial charge is 0.322 e. The van der Waals surface area contributed by atoms with Crippen molar-refractivity contribution in [3.05, 3.63) is 59.2 Å². The van der Waals surface area contributed by atoms with E-state index in [0.717, 1.165) is 38.2 Å². The van der Waals surface area contributed by atoms with E-state index in [-0.39, 0.29) is 18.2 Å². The number of nitrogens with zero attached hydrogens (tertiary/aromatic N) is 4. The van der Waals surface area contributed by atoms with Gasteiger partial charge < -0.3 is 4.90 Å². The zero-order valence-electron chi connectivity index (χ0n) is 17.7. The molecule has 0 bridgehead atoms. The number of hydrogen-bond acceptors (Lipinski definition) is 6. The zero-order valence-corrected chi connectivity index (χ0v) is 18.6. The summed E-state index contributed by atoms with van der Waals surface area (Å²) in [5, 5.41) is 6.83. The van der Waals surface area contributed by atoms with Crippen LogP contribution >= 0.6 is 11.3 Å². The van der Waals surface area contributed by atoms with Crippen LogP contribution in [0.5, 0.6) is 0 Å². The van der Waals surface area contributed by atoms with Crippen LogP contribution in [0.4, 0.5) is 0 Å². The lowest BCUT2D eigenvalue weighted by molar-refractivity contribution is -0.136. The van der Waals surface area contributed by atoms with Gasteiger partial charge in [-0.05, 0) is 41.8 Å². The maximum atomic E-state index is 13.0. The Balaban J connectivity index is 1.36. The number of benzene rings is 2. The molecule has 33 heavy (non-hydrogen) atoms. The molecular weight excluding hydrogens is 438 g/mol. The Morgan fingerprint density at radius 2 is 1.91 bits per heavy atom. The zero-order chi connectivity index (χ0) is 22.7. The topological polar surface area (TPSA) is 97.2 Å². The average molecular weight is 458 g/mol. The molecule has 9 heteroatoms. The molecule has 4 aromatic rings. The fourth-order valence-electron chi connectivity index (χ4n) is 4.74. The number of thiazole rings is 1. The molecule has 0 spiro atoms. The first-order chi connectivity index (χ1) is 16.0. The molecule has 0 saturated carbocycles. The van der Waals surface area contributed by atoms with Crippen LogP contribution in [-0.4, -0.2) is 43.4 Å². The van der Waals surface area contributed by atoms with Crippen LogP contribution < -0.4 is 5.32 Å². The van der Waals surface area contributed by atoms with Crippen LogP contribution in [0.3, 0.4) is 0 Å². The maximum Gasteiger partial charge on any atom is 0.255 e. The van der Waals surface area contributed by atoms with Crippen molar-refractivity contribution in [2.45, 2.75) is 25.4 Å². The minimum Gasteiger partial charge on any atom is -0.322 e. The Kier molecular flexibility index (Phi) is 4.41. The molecule has 0 aliphatic carbocycles. The number of carbonyl (C=O) groups is 3. The van der Waals surface area contributed by atoms with E-state index in [9.17, 15) is 14.4 Å². The molecule has 2 aliphatic rings. The summed E-state index contributed by atoms with van der Waals surface area (Å²) in [7, 11) is 1.91. The molecule has 1 atom stereocenters. The normalized spacial score (nSPS) is 18.2. The highest BCUT2D eigenvalue weighted by atomic mass is 32.1. The Labute approximate surface area is 192 Å². The third-order valence-corrected chi connectivity index (χ3v) is 7.19. The summed E-state index contributed by atoms with van der Waals surface area (Å²) in [6.07, 6.45) is 2.42. The van der Waals surface area contributed by atoms with E-state index in [1.54, 1.807) is 16.2 Å². The molecule has 2 aromatic carbocycles. The number of hydrogen-bond donors (Lipinski definition) is 1. The molecule has 1 N–H and O–H groups in total. The molecule has 4 heterocycles. The van der Waals surface area contributed by atoms with Gasteiger partial charge in [0, 0.05) is 36.7 Å². The van der Waals surface area contributed by atoms with Gasteiger partial charge in [0.15, 0.2) is 0 Å². The average Bonchev–Trinajstić information content (AvgIpc) is 3.50. The van der Waals surface area contributed by atoms with Crippen LogP contribution in [0.1, 0.15) is 28.8 Å². The Hall–Kier alpha value is -3.85. The van der Waals surface area contributed by atoms with E-state index in [1.165, 1.54) is 0 Å². The smallest absolute Gasteiger partial charge is 0.255 e. The fraction of sp³-hybridized carbons (Fsp3) is 0.208. The standard InChI is InChI=1S/C24H19N5O3S/c1-28-22(14-3-6-20-18(9-14)25-12-33-20)17(10-26-28)13-2-4-16-15(8-13)11-29(24(16)32)19-5-7-21(30)27-23(19)31/h2-4,6,8-10,12,19H,5,7,11H2,1H3,(H,27,30,31)/t19-/m0/s1. The highest BCUT2D eigenvalue weighted by molar-refractivity contribution is 7.16. The van der Waals surface area contributed by atoms with Crippen molar-refractivity contribution in [3.63, 3.8) is 0 Å². The summed E-state index contributed by atoms with van der Waals surface area (Å²) in [6, 6.07) is 11.3. The first-order valence-electron chi connectivity index (χ1n) is 10.6. The molecule has 1 saturated heterocycles. The molecule has 2 aromatic heterocycles. The number of aryl methyl sites for hydroxylation is 1. The van der Waals surface area contributed by atoms with Crippen molar-refractivity contribution in [1.82, 2.24) is 25.0 Å². The van der Waals surface area contributed by atoms with Crippen molar-refractivity contribution >= 4 is 39.3 Å². The van der Waals surface area contributed by atoms with Crippen LogP contribution in [0, 0.1) is 0 Å². The number of aromatic nitrogens is 3. The molecule has 164 valence electrons. The van der Waals surface area contributed by atoms with E-state index < -0.39 is 11.9 Å². The van der Waals surface area contributed by atoms with Gasteiger partial charge in [0.05, 0.1) is 27.6 Å². The number of rotatable bonds is 3. The lowest BCUT2D eigenvalue weighted by Crippen LogP contribution is -2.52. The fourth-order valence-corrected chi connectivity index (χ4v) is 5.40. The molecule has 8 nitrogen and oxygen atoms in total. The maximum absolute atomic E-state index is 13.0. The third-order valence-electron chi connectivity index (χ3n) is 6.38. The SMILES string of the molecule is Cn1ncc(-c2ccc3c(c2)CN([C@H]2CCC(=O)NC2=O)C3=O)c1-c1ccc2scnc2c1. The first kappa shape index (κ1) is 19.8. The van der Waals surface area contributed by atoms with E-state index in [1.807, 2.05) is 41.6 Å². The summed E-state index contributed by atoms with van der Waals surface area (Å²) in [5.74, 6) is -0.867. The Bertz CT molecular complexity index is 1470. The van der Waals surface area contributed by atoms with Gasteiger partial charge in [-0.15, -0.1) is 11.3 Å². The molecule has 6 rings (SSSR count). The van der Waals surface area contributed by atoms with Gasteiger partial charge in [-0.2, -0.15) is 5.10 Å². The molecule has 0 unspecified atom stereocenters. The predicted octanol–water partition coefficient (Wildman–Crippen LogP) is 3.12. The molecule has 2 aliphatic heterocycles. The van der Waals surface area contributed by atoms with Crippen LogP contribution in [-0.2, 0) is 23.2 Å². The quantitative estimate of drug-likeness (QED) is 0.477. The van der Waals surface area contributed by atoms with Crippen LogP contribution in [0.2, 0.25) is 0 Å². The lowest BCUT2D eigenvalue weighted by Gasteiger charge is -2.29.